The summed E-state index contributed by atoms with van der Waals surface area (Å²) in [6.45, 7) is 0. The monoisotopic (exact) mass is 713 g/mol. The van der Waals surface area contributed by atoms with E-state index in [0.29, 0.717) is 0 Å². The molecular formula is C54H35NO. The third kappa shape index (κ3) is 5.42. The van der Waals surface area contributed by atoms with Crippen molar-refractivity contribution in [1.82, 2.24) is 0 Å². The Hall–Kier alpha value is -7.42. The van der Waals surface area contributed by atoms with Gasteiger partial charge in [0.25, 0.3) is 0 Å². The highest BCUT2D eigenvalue weighted by atomic mass is 16.3. The summed E-state index contributed by atoms with van der Waals surface area (Å²) in [5, 5.41) is 9.81. The van der Waals surface area contributed by atoms with Crippen LogP contribution in [0.15, 0.2) is 217 Å². The first-order valence-electron chi connectivity index (χ1n) is 19.2. The van der Waals surface area contributed by atoms with Crippen molar-refractivity contribution in [3.8, 4) is 33.4 Å². The van der Waals surface area contributed by atoms with Crippen LogP contribution in [-0.2, 0) is 0 Å². The lowest BCUT2D eigenvalue weighted by Crippen LogP contribution is -2.09. The predicted molar refractivity (Wildman–Crippen MR) is 237 cm³/mol. The topological polar surface area (TPSA) is 16.4 Å². The standard InChI is InChI=1S/C54H35NO/c1-3-15-45-37(10-1)12-8-18-46(45)39-24-29-43(30-25-39)55(44-31-33-54-52(35-44)51-17-5-6-21-53(51)56-54)42-27-22-36(23-28-42)40-13-7-14-41(34-40)48-19-9-20-49-47-16-4-2-11-38(47)26-32-50(48)49/h1-35H. The maximum Gasteiger partial charge on any atom is 0.135 e. The van der Waals surface area contributed by atoms with Gasteiger partial charge in [0.2, 0.25) is 0 Å². The van der Waals surface area contributed by atoms with Crippen molar-refractivity contribution >= 4 is 71.3 Å². The number of anilines is 3. The van der Waals surface area contributed by atoms with Crippen LogP contribution in [0.1, 0.15) is 0 Å². The minimum Gasteiger partial charge on any atom is -0.456 e. The Bertz CT molecular complexity index is 3240. The van der Waals surface area contributed by atoms with Crippen molar-refractivity contribution in [2.24, 2.45) is 0 Å². The summed E-state index contributed by atoms with van der Waals surface area (Å²) in [5.41, 5.74) is 12.2. The molecule has 0 aliphatic heterocycles. The summed E-state index contributed by atoms with van der Waals surface area (Å²) in [5.74, 6) is 0. The van der Waals surface area contributed by atoms with Crippen molar-refractivity contribution in [3.63, 3.8) is 0 Å². The first-order chi connectivity index (χ1) is 27.7. The molecule has 0 N–H and O–H groups in total. The third-order valence-electron chi connectivity index (χ3n) is 11.3. The molecule has 0 spiro atoms. The van der Waals surface area contributed by atoms with Crippen LogP contribution < -0.4 is 4.90 Å². The van der Waals surface area contributed by atoms with Crippen LogP contribution in [0.5, 0.6) is 0 Å². The van der Waals surface area contributed by atoms with Gasteiger partial charge in [-0.3, -0.25) is 0 Å². The van der Waals surface area contributed by atoms with Crippen LogP contribution in [0, 0.1) is 0 Å². The number of benzene rings is 10. The molecule has 0 aliphatic rings. The quantitative estimate of drug-likeness (QED) is 0.160. The van der Waals surface area contributed by atoms with Gasteiger partial charge in [-0.25, -0.2) is 0 Å². The van der Waals surface area contributed by atoms with Gasteiger partial charge in [0.1, 0.15) is 11.2 Å². The molecule has 0 amide bonds. The van der Waals surface area contributed by atoms with Crippen molar-refractivity contribution in [3.05, 3.63) is 212 Å². The van der Waals surface area contributed by atoms with E-state index in [4.69, 9.17) is 4.42 Å². The minimum absolute atomic E-state index is 0.885. The van der Waals surface area contributed by atoms with Gasteiger partial charge in [0.05, 0.1) is 0 Å². The molecule has 1 aromatic heterocycles. The molecule has 56 heavy (non-hydrogen) atoms. The van der Waals surface area contributed by atoms with Gasteiger partial charge in [-0.2, -0.15) is 0 Å². The first kappa shape index (κ1) is 32.0. The van der Waals surface area contributed by atoms with Gasteiger partial charge in [0, 0.05) is 27.8 Å². The van der Waals surface area contributed by atoms with Gasteiger partial charge in [-0.1, -0.05) is 158 Å². The third-order valence-corrected chi connectivity index (χ3v) is 11.3. The van der Waals surface area contributed by atoms with Gasteiger partial charge in [-0.05, 0) is 120 Å². The molecule has 1 heterocycles. The highest BCUT2D eigenvalue weighted by molar-refractivity contribution is 6.12. The second-order valence-corrected chi connectivity index (χ2v) is 14.5. The number of hydrogen-bond acceptors (Lipinski definition) is 2. The molecule has 0 saturated carbocycles. The summed E-state index contributed by atoms with van der Waals surface area (Å²) < 4.78 is 6.23. The molecule has 262 valence electrons. The Balaban J connectivity index is 0.993. The molecule has 2 nitrogen and oxygen atoms in total. The van der Waals surface area contributed by atoms with E-state index in [-0.39, 0.29) is 0 Å². The highest BCUT2D eigenvalue weighted by Gasteiger charge is 2.17. The van der Waals surface area contributed by atoms with Crippen LogP contribution >= 0.6 is 0 Å². The van der Waals surface area contributed by atoms with E-state index in [9.17, 15) is 0 Å². The fourth-order valence-electron chi connectivity index (χ4n) is 8.53. The molecule has 0 bridgehead atoms. The Morgan fingerprint density at radius 1 is 0.268 bits per heavy atom. The maximum atomic E-state index is 6.23. The molecule has 11 aromatic rings. The number of furan rings is 1. The second kappa shape index (κ2) is 13.2. The van der Waals surface area contributed by atoms with E-state index in [1.807, 2.05) is 12.1 Å². The molecule has 0 atom stereocenters. The van der Waals surface area contributed by atoms with Crippen LogP contribution in [0.2, 0.25) is 0 Å². The van der Waals surface area contributed by atoms with Crippen molar-refractivity contribution < 1.29 is 4.42 Å². The van der Waals surface area contributed by atoms with Crippen molar-refractivity contribution in [2.75, 3.05) is 4.90 Å². The van der Waals surface area contributed by atoms with Crippen LogP contribution in [0.3, 0.4) is 0 Å². The lowest BCUT2D eigenvalue weighted by molar-refractivity contribution is 0.669. The normalized spacial score (nSPS) is 11.6. The Labute approximate surface area is 325 Å². The number of hydrogen-bond donors (Lipinski definition) is 0. The lowest BCUT2D eigenvalue weighted by atomic mass is 9.93. The van der Waals surface area contributed by atoms with Gasteiger partial charge < -0.3 is 9.32 Å². The lowest BCUT2D eigenvalue weighted by Gasteiger charge is -2.26. The molecular weight excluding hydrogens is 679 g/mol. The predicted octanol–water partition coefficient (Wildman–Crippen LogP) is 15.5. The largest absolute Gasteiger partial charge is 0.456 e. The minimum atomic E-state index is 0.885. The smallest absolute Gasteiger partial charge is 0.135 e. The van der Waals surface area contributed by atoms with E-state index < -0.39 is 0 Å². The molecule has 11 rings (SSSR count). The van der Waals surface area contributed by atoms with Crippen LogP contribution in [-0.4, -0.2) is 0 Å². The van der Waals surface area contributed by atoms with E-state index in [1.165, 1.54) is 65.7 Å². The van der Waals surface area contributed by atoms with Crippen molar-refractivity contribution in [1.29, 1.82) is 0 Å². The zero-order valence-corrected chi connectivity index (χ0v) is 30.6. The van der Waals surface area contributed by atoms with Crippen LogP contribution in [0.4, 0.5) is 17.1 Å². The van der Waals surface area contributed by atoms with Gasteiger partial charge >= 0.3 is 0 Å². The van der Waals surface area contributed by atoms with Gasteiger partial charge in [0.15, 0.2) is 0 Å². The molecule has 0 unspecified atom stereocenters. The number of nitrogens with zero attached hydrogens (tertiary/aromatic N) is 1. The average molecular weight is 714 g/mol. The molecule has 2 heteroatoms. The summed E-state index contributed by atoms with van der Waals surface area (Å²) in [6, 6.07) is 76.5. The molecule has 0 saturated heterocycles. The van der Waals surface area contributed by atoms with Crippen LogP contribution in [0.25, 0.3) is 87.6 Å². The summed E-state index contributed by atoms with van der Waals surface area (Å²) in [7, 11) is 0. The number of fused-ring (bicyclic) bond motifs is 7. The first-order valence-corrected chi connectivity index (χ1v) is 19.2. The number of rotatable bonds is 6. The van der Waals surface area contributed by atoms with E-state index in [1.54, 1.807) is 0 Å². The maximum absolute atomic E-state index is 6.23. The Morgan fingerprint density at radius 2 is 0.821 bits per heavy atom. The highest BCUT2D eigenvalue weighted by Crippen LogP contribution is 2.41. The molecule has 10 aromatic carbocycles. The van der Waals surface area contributed by atoms with E-state index in [2.05, 4.69) is 205 Å². The van der Waals surface area contributed by atoms with E-state index >= 15 is 0 Å². The fourth-order valence-corrected chi connectivity index (χ4v) is 8.53. The Kier molecular flexibility index (Phi) is 7.53. The van der Waals surface area contributed by atoms with E-state index in [0.717, 1.165) is 39.0 Å². The number of para-hydroxylation sites is 1. The average Bonchev–Trinajstić information content (AvgIpc) is 3.65. The zero-order valence-electron chi connectivity index (χ0n) is 30.6. The Morgan fingerprint density at radius 3 is 1.62 bits per heavy atom. The fraction of sp³-hybridized carbons (Fsp3) is 0. The summed E-state index contributed by atoms with van der Waals surface area (Å²) >= 11 is 0. The zero-order chi connectivity index (χ0) is 37.0. The SMILES string of the molecule is c1cc(-c2ccc(N(c3ccc(-c4cccc5ccccc45)cc3)c3ccc4oc5ccccc5c4c3)cc2)cc(-c2cccc3c2ccc2ccccc23)c1. The molecule has 0 fully saturated rings. The second-order valence-electron chi connectivity index (χ2n) is 14.5. The molecule has 0 radical (unpaired) electrons. The van der Waals surface area contributed by atoms with Crippen molar-refractivity contribution in [2.45, 2.75) is 0 Å². The summed E-state index contributed by atoms with van der Waals surface area (Å²) in [4.78, 5) is 2.34. The molecule has 0 aliphatic carbocycles. The summed E-state index contributed by atoms with van der Waals surface area (Å²) in [6.07, 6.45) is 0. The van der Waals surface area contributed by atoms with Gasteiger partial charge in [-0.15, -0.1) is 0 Å².